The number of hydrogen-bond acceptors (Lipinski definition) is 5. The van der Waals surface area contributed by atoms with Crippen molar-refractivity contribution in [3.8, 4) is 0 Å². The first-order valence-corrected chi connectivity index (χ1v) is 9.43. The number of piperazine rings is 1. The van der Waals surface area contributed by atoms with Gasteiger partial charge < -0.3 is 14.6 Å². The zero-order chi connectivity index (χ0) is 19.2. The van der Waals surface area contributed by atoms with E-state index < -0.39 is 5.76 Å². The summed E-state index contributed by atoms with van der Waals surface area (Å²) in [7, 11) is 0. The molecule has 2 heterocycles. The number of nitrogens with zero attached hydrogens (tertiary/aromatic N) is 3. The average Bonchev–Trinajstić information content (AvgIpc) is 3.00. The number of aromatic nitrogens is 1. The minimum absolute atomic E-state index is 0.0160. The summed E-state index contributed by atoms with van der Waals surface area (Å²) in [6, 6.07) is 7.20. The van der Waals surface area contributed by atoms with Crippen LogP contribution in [0.2, 0.25) is 0 Å². The Balaban J connectivity index is 1.48. The number of aryl methyl sites for hydroxylation is 1. The number of carbonyl (C=O) groups excluding carboxylic acids is 2. The first-order valence-electron chi connectivity index (χ1n) is 9.43. The van der Waals surface area contributed by atoms with Crippen LogP contribution in [-0.4, -0.2) is 65.4 Å². The van der Waals surface area contributed by atoms with Crippen molar-refractivity contribution in [1.82, 2.24) is 19.7 Å². The van der Waals surface area contributed by atoms with Crippen molar-refractivity contribution in [2.75, 3.05) is 39.3 Å². The number of fused-ring (bicyclic) bond motifs is 1. The fourth-order valence-corrected chi connectivity index (χ4v) is 3.27. The lowest BCUT2D eigenvalue weighted by Gasteiger charge is -2.34. The third kappa shape index (κ3) is 4.77. The Labute approximate surface area is 157 Å². The Morgan fingerprint density at radius 3 is 2.63 bits per heavy atom. The fraction of sp³-hybridized carbons (Fsp3) is 0.526. The summed E-state index contributed by atoms with van der Waals surface area (Å²) in [6.07, 6.45) is 1.17. The van der Waals surface area contributed by atoms with Gasteiger partial charge in [0.25, 0.3) is 0 Å². The molecule has 2 amide bonds. The second kappa shape index (κ2) is 8.85. The maximum Gasteiger partial charge on any atom is 0.419 e. The lowest BCUT2D eigenvalue weighted by Crippen LogP contribution is -2.51. The smallest absolute Gasteiger partial charge is 0.408 e. The van der Waals surface area contributed by atoms with Crippen molar-refractivity contribution in [2.24, 2.45) is 0 Å². The van der Waals surface area contributed by atoms with E-state index in [1.807, 2.05) is 25.1 Å². The van der Waals surface area contributed by atoms with E-state index in [1.165, 1.54) is 4.57 Å². The molecule has 146 valence electrons. The van der Waals surface area contributed by atoms with Gasteiger partial charge in [-0.3, -0.25) is 19.1 Å². The van der Waals surface area contributed by atoms with Gasteiger partial charge in [-0.15, -0.1) is 0 Å². The van der Waals surface area contributed by atoms with Crippen LogP contribution in [0.25, 0.3) is 11.1 Å². The summed E-state index contributed by atoms with van der Waals surface area (Å²) in [5, 5.41) is 2.87. The number of amides is 2. The summed E-state index contributed by atoms with van der Waals surface area (Å²) in [4.78, 5) is 40.1. The maximum atomic E-state index is 12.5. The van der Waals surface area contributed by atoms with Gasteiger partial charge >= 0.3 is 5.76 Å². The molecule has 1 aromatic heterocycles. The molecule has 8 heteroatoms. The molecular formula is C19H26N4O4. The molecule has 1 aliphatic heterocycles. The van der Waals surface area contributed by atoms with Crippen LogP contribution in [0, 0.1) is 0 Å². The summed E-state index contributed by atoms with van der Waals surface area (Å²) in [5.74, 6) is -0.392. The van der Waals surface area contributed by atoms with E-state index in [2.05, 4.69) is 10.2 Å². The molecule has 0 spiro atoms. The quantitative estimate of drug-likeness (QED) is 0.769. The largest absolute Gasteiger partial charge is 0.419 e. The highest BCUT2D eigenvalue weighted by atomic mass is 16.4. The number of nitrogens with one attached hydrogen (secondary N) is 1. The molecule has 1 aromatic carbocycles. The number of rotatable bonds is 7. The van der Waals surface area contributed by atoms with Gasteiger partial charge in [-0.25, -0.2) is 4.79 Å². The number of oxazole rings is 1. The van der Waals surface area contributed by atoms with Crippen molar-refractivity contribution in [2.45, 2.75) is 26.3 Å². The van der Waals surface area contributed by atoms with Gasteiger partial charge in [0, 0.05) is 45.7 Å². The highest BCUT2D eigenvalue weighted by Gasteiger charge is 2.22. The molecule has 1 N–H and O–H groups in total. The highest BCUT2D eigenvalue weighted by Crippen LogP contribution is 2.12. The highest BCUT2D eigenvalue weighted by molar-refractivity contribution is 5.78. The summed E-state index contributed by atoms with van der Waals surface area (Å²) < 4.78 is 6.70. The van der Waals surface area contributed by atoms with Crippen LogP contribution in [0.4, 0.5) is 0 Å². The zero-order valence-corrected chi connectivity index (χ0v) is 15.6. The molecule has 0 unspecified atom stereocenters. The van der Waals surface area contributed by atoms with Crippen LogP contribution < -0.4 is 11.1 Å². The fourth-order valence-electron chi connectivity index (χ4n) is 3.27. The predicted octanol–water partition coefficient (Wildman–Crippen LogP) is 0.655. The maximum absolute atomic E-state index is 12.5. The molecule has 0 saturated carbocycles. The number of hydrogen-bond donors (Lipinski definition) is 1. The normalized spacial score (nSPS) is 15.2. The van der Waals surface area contributed by atoms with E-state index in [4.69, 9.17) is 4.42 Å². The SMILES string of the molecule is CCCNC(=O)CN1CCN(C(=O)CCn2c(=O)oc3ccccc32)CC1. The van der Waals surface area contributed by atoms with Gasteiger partial charge in [0.15, 0.2) is 5.58 Å². The van der Waals surface area contributed by atoms with Gasteiger partial charge in [-0.05, 0) is 18.6 Å². The van der Waals surface area contributed by atoms with Crippen molar-refractivity contribution >= 4 is 22.9 Å². The van der Waals surface area contributed by atoms with Crippen LogP contribution in [-0.2, 0) is 16.1 Å². The van der Waals surface area contributed by atoms with Crippen LogP contribution in [0.5, 0.6) is 0 Å². The zero-order valence-electron chi connectivity index (χ0n) is 15.6. The molecule has 1 saturated heterocycles. The van der Waals surface area contributed by atoms with E-state index in [1.54, 1.807) is 11.0 Å². The first-order chi connectivity index (χ1) is 13.1. The average molecular weight is 374 g/mol. The second-order valence-corrected chi connectivity index (χ2v) is 6.74. The van der Waals surface area contributed by atoms with Gasteiger partial charge in [0.2, 0.25) is 11.8 Å². The van der Waals surface area contributed by atoms with Crippen molar-refractivity contribution in [3.63, 3.8) is 0 Å². The van der Waals surface area contributed by atoms with Crippen LogP contribution in [0.3, 0.4) is 0 Å². The summed E-state index contributed by atoms with van der Waals surface area (Å²) in [6.45, 7) is 5.94. The molecular weight excluding hydrogens is 348 g/mol. The number of benzene rings is 1. The Hall–Kier alpha value is -2.61. The third-order valence-electron chi connectivity index (χ3n) is 4.79. The Morgan fingerprint density at radius 1 is 1.15 bits per heavy atom. The summed E-state index contributed by atoms with van der Waals surface area (Å²) >= 11 is 0. The molecule has 2 aromatic rings. The van der Waals surface area contributed by atoms with Crippen LogP contribution >= 0.6 is 0 Å². The lowest BCUT2D eigenvalue weighted by atomic mass is 10.2. The predicted molar refractivity (Wildman–Crippen MR) is 101 cm³/mol. The Bertz CT molecular complexity index is 849. The molecule has 1 aliphatic rings. The number of carbonyl (C=O) groups is 2. The van der Waals surface area contributed by atoms with Crippen LogP contribution in [0.15, 0.2) is 33.5 Å². The van der Waals surface area contributed by atoms with Gasteiger partial charge in [0.05, 0.1) is 12.1 Å². The molecule has 27 heavy (non-hydrogen) atoms. The molecule has 0 radical (unpaired) electrons. The van der Waals surface area contributed by atoms with E-state index >= 15 is 0 Å². The molecule has 1 fully saturated rings. The second-order valence-electron chi connectivity index (χ2n) is 6.74. The molecule has 0 bridgehead atoms. The van der Waals surface area contributed by atoms with E-state index in [0.29, 0.717) is 56.9 Å². The van der Waals surface area contributed by atoms with Crippen molar-refractivity contribution < 1.29 is 14.0 Å². The lowest BCUT2D eigenvalue weighted by molar-refractivity contribution is -0.133. The molecule has 0 atom stereocenters. The van der Waals surface area contributed by atoms with E-state index in [-0.39, 0.29) is 18.2 Å². The molecule has 3 rings (SSSR count). The molecule has 8 nitrogen and oxygen atoms in total. The monoisotopic (exact) mass is 374 g/mol. The van der Waals surface area contributed by atoms with Gasteiger partial charge in [-0.2, -0.15) is 0 Å². The van der Waals surface area contributed by atoms with Crippen molar-refractivity contribution in [1.29, 1.82) is 0 Å². The Kier molecular flexibility index (Phi) is 6.28. The minimum Gasteiger partial charge on any atom is -0.408 e. The Morgan fingerprint density at radius 2 is 1.89 bits per heavy atom. The molecule has 0 aliphatic carbocycles. The topological polar surface area (TPSA) is 87.8 Å². The standard InChI is InChI=1S/C19H26N4O4/c1-2-8-20-17(24)14-21-10-12-22(13-11-21)18(25)7-9-23-15-5-3-4-6-16(15)27-19(23)26/h3-6H,2,7-14H2,1H3,(H,20,24). The van der Waals surface area contributed by atoms with Gasteiger partial charge in [-0.1, -0.05) is 19.1 Å². The minimum atomic E-state index is -0.438. The first kappa shape index (κ1) is 19.2. The third-order valence-corrected chi connectivity index (χ3v) is 4.79. The van der Waals surface area contributed by atoms with Gasteiger partial charge in [0.1, 0.15) is 0 Å². The summed E-state index contributed by atoms with van der Waals surface area (Å²) in [5.41, 5.74) is 1.24. The van der Waals surface area contributed by atoms with Crippen molar-refractivity contribution in [3.05, 3.63) is 34.8 Å². The van der Waals surface area contributed by atoms with E-state index in [0.717, 1.165) is 6.42 Å². The van der Waals surface area contributed by atoms with Crippen LogP contribution in [0.1, 0.15) is 19.8 Å². The van der Waals surface area contributed by atoms with E-state index in [9.17, 15) is 14.4 Å². The number of para-hydroxylation sites is 2.